The van der Waals surface area contributed by atoms with Crippen molar-refractivity contribution >= 4 is 5.84 Å². The van der Waals surface area contributed by atoms with Gasteiger partial charge in [-0.3, -0.25) is 4.99 Å². The van der Waals surface area contributed by atoms with Crippen molar-refractivity contribution in [1.82, 2.24) is 0 Å². The van der Waals surface area contributed by atoms with Crippen LogP contribution in [-0.2, 0) is 0 Å². The largest absolute Gasteiger partial charge is 0.387 e. The summed E-state index contributed by atoms with van der Waals surface area (Å²) < 4.78 is 25.6. The summed E-state index contributed by atoms with van der Waals surface area (Å²) in [5.41, 5.74) is 5.65. The molecule has 2 nitrogen and oxygen atoms in total. The van der Waals surface area contributed by atoms with Crippen molar-refractivity contribution in [2.75, 3.05) is 0 Å². The molecule has 0 amide bonds. The molecule has 2 aliphatic rings. The first kappa shape index (κ1) is 9.87. The van der Waals surface area contributed by atoms with Crippen molar-refractivity contribution in [3.63, 3.8) is 0 Å². The van der Waals surface area contributed by atoms with Crippen molar-refractivity contribution in [3.8, 4) is 0 Å². The number of rotatable bonds is 3. The van der Waals surface area contributed by atoms with Gasteiger partial charge in [-0.1, -0.05) is 6.92 Å². The molecule has 2 N–H and O–H groups in total. The Labute approximate surface area is 82.6 Å². The van der Waals surface area contributed by atoms with Crippen molar-refractivity contribution in [1.29, 1.82) is 0 Å². The average Bonchev–Trinajstić information content (AvgIpc) is 2.49. The zero-order chi connectivity index (χ0) is 10.3. The molecule has 0 bridgehead atoms. The van der Waals surface area contributed by atoms with Crippen molar-refractivity contribution in [3.05, 3.63) is 0 Å². The zero-order valence-electron chi connectivity index (χ0n) is 8.34. The van der Waals surface area contributed by atoms with Crippen LogP contribution >= 0.6 is 0 Å². The number of halogens is 2. The first-order valence-corrected chi connectivity index (χ1v) is 5.25. The Morgan fingerprint density at radius 2 is 2.00 bits per heavy atom. The quantitative estimate of drug-likeness (QED) is 0.553. The molecule has 14 heavy (non-hydrogen) atoms. The minimum atomic E-state index is -2.38. The molecular formula is C10H16F2N2. The van der Waals surface area contributed by atoms with E-state index >= 15 is 0 Å². The molecule has 0 aromatic carbocycles. The van der Waals surface area contributed by atoms with Crippen molar-refractivity contribution in [2.45, 2.75) is 44.6 Å². The predicted octanol–water partition coefficient (Wildman–Crippen LogP) is 2.19. The maximum atomic E-state index is 12.8. The van der Waals surface area contributed by atoms with Crippen LogP contribution in [0.4, 0.5) is 8.78 Å². The van der Waals surface area contributed by atoms with E-state index < -0.39 is 17.8 Å². The lowest BCUT2D eigenvalue weighted by atomic mass is 10.1. The molecule has 0 aromatic heterocycles. The van der Waals surface area contributed by atoms with Crippen LogP contribution in [-0.4, -0.2) is 17.8 Å². The summed E-state index contributed by atoms with van der Waals surface area (Å²) in [5, 5.41) is 0. The maximum Gasteiger partial charge on any atom is 0.254 e. The van der Waals surface area contributed by atoms with Gasteiger partial charge in [-0.05, 0) is 19.3 Å². The van der Waals surface area contributed by atoms with Gasteiger partial charge in [-0.2, -0.15) is 0 Å². The number of alkyl halides is 2. The highest BCUT2D eigenvalue weighted by Crippen LogP contribution is 2.64. The van der Waals surface area contributed by atoms with Crippen LogP contribution in [0, 0.1) is 11.8 Å². The van der Waals surface area contributed by atoms with E-state index in [-0.39, 0.29) is 6.04 Å². The number of fused-ring (bicyclic) bond motifs is 1. The van der Waals surface area contributed by atoms with Gasteiger partial charge in [0.25, 0.3) is 5.92 Å². The third-order valence-corrected chi connectivity index (χ3v) is 3.27. The lowest BCUT2D eigenvalue weighted by Crippen LogP contribution is -2.17. The number of aliphatic imine (C=N–C) groups is 1. The molecule has 0 aliphatic heterocycles. The molecule has 2 unspecified atom stereocenters. The van der Waals surface area contributed by atoms with Gasteiger partial charge in [0.15, 0.2) is 0 Å². The highest BCUT2D eigenvalue weighted by molar-refractivity contribution is 5.80. The molecule has 0 heterocycles. The molecule has 4 heteroatoms. The van der Waals surface area contributed by atoms with E-state index in [0.29, 0.717) is 18.7 Å². The van der Waals surface area contributed by atoms with Crippen LogP contribution in [0.5, 0.6) is 0 Å². The van der Waals surface area contributed by atoms with Crippen LogP contribution in [0.3, 0.4) is 0 Å². The highest BCUT2D eigenvalue weighted by atomic mass is 19.3. The first-order chi connectivity index (χ1) is 6.55. The Morgan fingerprint density at radius 3 is 2.50 bits per heavy atom. The van der Waals surface area contributed by atoms with Gasteiger partial charge in [-0.15, -0.1) is 0 Å². The zero-order valence-corrected chi connectivity index (χ0v) is 8.34. The average molecular weight is 202 g/mol. The second-order valence-electron chi connectivity index (χ2n) is 4.38. The summed E-state index contributed by atoms with van der Waals surface area (Å²) in [6.45, 7) is 2.03. The molecule has 2 fully saturated rings. The smallest absolute Gasteiger partial charge is 0.254 e. The van der Waals surface area contributed by atoms with E-state index in [2.05, 4.69) is 4.99 Å². The topological polar surface area (TPSA) is 38.4 Å². The molecule has 0 spiro atoms. The van der Waals surface area contributed by atoms with Gasteiger partial charge in [-0.25, -0.2) is 8.78 Å². The van der Waals surface area contributed by atoms with Crippen LogP contribution in [0.2, 0.25) is 0 Å². The minimum Gasteiger partial charge on any atom is -0.387 e. The van der Waals surface area contributed by atoms with Crippen LogP contribution in [0.15, 0.2) is 4.99 Å². The fourth-order valence-corrected chi connectivity index (χ4v) is 2.45. The molecule has 0 radical (unpaired) electrons. The molecule has 0 aromatic rings. The van der Waals surface area contributed by atoms with E-state index in [9.17, 15) is 8.78 Å². The van der Waals surface area contributed by atoms with Crippen molar-refractivity contribution in [2.24, 2.45) is 22.6 Å². The van der Waals surface area contributed by atoms with Gasteiger partial charge in [0.1, 0.15) is 0 Å². The van der Waals surface area contributed by atoms with E-state index in [1.807, 2.05) is 6.92 Å². The predicted molar refractivity (Wildman–Crippen MR) is 51.5 cm³/mol. The second-order valence-corrected chi connectivity index (χ2v) is 4.38. The molecule has 2 aliphatic carbocycles. The second kappa shape index (κ2) is 3.17. The van der Waals surface area contributed by atoms with Gasteiger partial charge < -0.3 is 5.73 Å². The van der Waals surface area contributed by atoms with Gasteiger partial charge in [0.2, 0.25) is 0 Å². The fraction of sp³-hybridized carbons (Fsp3) is 0.900. The third kappa shape index (κ3) is 1.51. The Balaban J connectivity index is 1.85. The summed E-state index contributed by atoms with van der Waals surface area (Å²) in [7, 11) is 0. The normalized spacial score (nSPS) is 39.6. The van der Waals surface area contributed by atoms with E-state index in [0.717, 1.165) is 12.8 Å². The van der Waals surface area contributed by atoms with Gasteiger partial charge in [0, 0.05) is 18.3 Å². The first-order valence-electron chi connectivity index (χ1n) is 5.25. The lowest BCUT2D eigenvalue weighted by molar-refractivity contribution is 0.0700. The summed E-state index contributed by atoms with van der Waals surface area (Å²) >= 11 is 0. The standard InChI is InChI=1S/C10H16F2N2/c1-2-3-9(13)14-6-4-7-8(5-6)10(7,11)12/h6-8H,2-5H2,1H3,(H2,13,14). The van der Waals surface area contributed by atoms with E-state index in [1.165, 1.54) is 0 Å². The number of amidine groups is 1. The fourth-order valence-electron chi connectivity index (χ4n) is 2.45. The minimum absolute atomic E-state index is 0.0659. The Kier molecular flexibility index (Phi) is 2.24. The Hall–Kier alpha value is -0.670. The molecule has 2 saturated carbocycles. The van der Waals surface area contributed by atoms with Gasteiger partial charge in [0.05, 0.1) is 11.9 Å². The maximum absolute atomic E-state index is 12.8. The number of nitrogens with two attached hydrogens (primary N) is 1. The molecule has 2 atom stereocenters. The number of hydrogen-bond donors (Lipinski definition) is 1. The Bertz CT molecular complexity index is 249. The number of nitrogens with zero attached hydrogens (tertiary/aromatic N) is 1. The third-order valence-electron chi connectivity index (χ3n) is 3.27. The van der Waals surface area contributed by atoms with E-state index in [4.69, 9.17) is 5.73 Å². The SMILES string of the molecule is CCCC(N)=NC1CC2C(C1)C2(F)F. The molecule has 80 valence electrons. The monoisotopic (exact) mass is 202 g/mol. The van der Waals surface area contributed by atoms with Crippen molar-refractivity contribution < 1.29 is 8.78 Å². The summed E-state index contributed by atoms with van der Waals surface area (Å²) in [6, 6.07) is 0.0659. The van der Waals surface area contributed by atoms with E-state index in [1.54, 1.807) is 0 Å². The highest BCUT2D eigenvalue weighted by Gasteiger charge is 2.71. The summed E-state index contributed by atoms with van der Waals surface area (Å²) in [5.74, 6) is -2.55. The molecule has 0 saturated heterocycles. The number of hydrogen-bond acceptors (Lipinski definition) is 1. The van der Waals surface area contributed by atoms with Crippen LogP contribution in [0.1, 0.15) is 32.6 Å². The Morgan fingerprint density at radius 1 is 1.43 bits per heavy atom. The summed E-state index contributed by atoms with van der Waals surface area (Å²) in [6.07, 6.45) is 2.80. The lowest BCUT2D eigenvalue weighted by Gasteiger charge is -2.10. The molecule has 2 rings (SSSR count). The van der Waals surface area contributed by atoms with Crippen LogP contribution in [0.25, 0.3) is 0 Å². The van der Waals surface area contributed by atoms with Gasteiger partial charge >= 0.3 is 0 Å². The van der Waals surface area contributed by atoms with Crippen LogP contribution < -0.4 is 5.73 Å². The molecular weight excluding hydrogens is 186 g/mol. The summed E-state index contributed by atoms with van der Waals surface area (Å²) in [4.78, 5) is 4.27.